The summed E-state index contributed by atoms with van der Waals surface area (Å²) in [6, 6.07) is 11.9. The van der Waals surface area contributed by atoms with E-state index in [-0.39, 0.29) is 6.04 Å². The third kappa shape index (κ3) is 4.47. The molecule has 2 N–H and O–H groups in total. The Morgan fingerprint density at radius 3 is 2.62 bits per heavy atom. The first-order valence-corrected chi connectivity index (χ1v) is 8.14. The van der Waals surface area contributed by atoms with E-state index in [0.29, 0.717) is 10.8 Å². The number of halogens is 2. The highest BCUT2D eigenvalue weighted by molar-refractivity contribution is 9.10. The van der Waals surface area contributed by atoms with E-state index in [1.54, 1.807) is 0 Å². The standard InChI is InChI=1S/C17H19BrClNO/c1-3-13(20)9-12-4-7-17(16(19)10-12)21-14-5-6-15(18)11(2)8-14/h4-8,10,13H,3,9,20H2,1-2H3. The van der Waals surface area contributed by atoms with Gasteiger partial charge in [-0.1, -0.05) is 40.5 Å². The maximum Gasteiger partial charge on any atom is 0.146 e. The normalized spacial score (nSPS) is 12.2. The molecule has 0 aromatic heterocycles. The third-order valence-electron chi connectivity index (χ3n) is 3.38. The van der Waals surface area contributed by atoms with Crippen molar-refractivity contribution in [2.45, 2.75) is 32.7 Å². The van der Waals surface area contributed by atoms with Crippen molar-refractivity contribution < 1.29 is 4.74 Å². The summed E-state index contributed by atoms with van der Waals surface area (Å²) in [4.78, 5) is 0. The van der Waals surface area contributed by atoms with Gasteiger partial charge in [0.15, 0.2) is 0 Å². The largest absolute Gasteiger partial charge is 0.456 e. The molecular formula is C17H19BrClNO. The molecule has 0 spiro atoms. The average molecular weight is 369 g/mol. The van der Waals surface area contributed by atoms with Crippen molar-refractivity contribution in [3.05, 3.63) is 57.0 Å². The predicted molar refractivity (Wildman–Crippen MR) is 92.4 cm³/mol. The molecule has 0 saturated carbocycles. The first-order valence-electron chi connectivity index (χ1n) is 6.97. The van der Waals surface area contributed by atoms with Crippen LogP contribution in [0.5, 0.6) is 11.5 Å². The molecule has 0 amide bonds. The third-order valence-corrected chi connectivity index (χ3v) is 4.56. The summed E-state index contributed by atoms with van der Waals surface area (Å²) < 4.78 is 6.91. The molecule has 0 heterocycles. The molecule has 112 valence electrons. The maximum atomic E-state index is 6.30. The van der Waals surface area contributed by atoms with Gasteiger partial charge in [-0.25, -0.2) is 0 Å². The van der Waals surface area contributed by atoms with Crippen LogP contribution in [-0.4, -0.2) is 6.04 Å². The number of hydrogen-bond acceptors (Lipinski definition) is 2. The second kappa shape index (κ2) is 7.30. The van der Waals surface area contributed by atoms with Gasteiger partial charge in [-0.3, -0.25) is 0 Å². The number of ether oxygens (including phenoxy) is 1. The minimum Gasteiger partial charge on any atom is -0.456 e. The molecule has 1 unspecified atom stereocenters. The van der Waals surface area contributed by atoms with E-state index < -0.39 is 0 Å². The van der Waals surface area contributed by atoms with E-state index >= 15 is 0 Å². The van der Waals surface area contributed by atoms with Crippen molar-refractivity contribution in [3.63, 3.8) is 0 Å². The summed E-state index contributed by atoms with van der Waals surface area (Å²) in [5, 5.41) is 0.608. The van der Waals surface area contributed by atoms with Crippen LogP contribution in [0, 0.1) is 6.92 Å². The molecule has 4 heteroatoms. The van der Waals surface area contributed by atoms with Gasteiger partial charge in [-0.05, 0) is 61.2 Å². The average Bonchev–Trinajstić information content (AvgIpc) is 2.45. The van der Waals surface area contributed by atoms with Crippen molar-refractivity contribution in [1.82, 2.24) is 0 Å². The van der Waals surface area contributed by atoms with Crippen LogP contribution < -0.4 is 10.5 Å². The van der Waals surface area contributed by atoms with Crippen molar-refractivity contribution in [1.29, 1.82) is 0 Å². The molecule has 0 fully saturated rings. The Hall–Kier alpha value is -1.03. The SMILES string of the molecule is CCC(N)Cc1ccc(Oc2ccc(Br)c(C)c2)c(Cl)c1. The number of aryl methyl sites for hydroxylation is 1. The first kappa shape index (κ1) is 16.3. The second-order valence-corrected chi connectivity index (χ2v) is 6.41. The molecule has 0 aliphatic heterocycles. The molecule has 2 aromatic rings. The van der Waals surface area contributed by atoms with Crippen molar-refractivity contribution in [3.8, 4) is 11.5 Å². The lowest BCUT2D eigenvalue weighted by Gasteiger charge is -2.12. The van der Waals surface area contributed by atoms with E-state index in [1.807, 2.05) is 43.3 Å². The monoisotopic (exact) mass is 367 g/mol. The first-order chi connectivity index (χ1) is 9.99. The van der Waals surface area contributed by atoms with Crippen molar-refractivity contribution >= 4 is 27.5 Å². The van der Waals surface area contributed by atoms with E-state index in [9.17, 15) is 0 Å². The fourth-order valence-corrected chi connectivity index (χ4v) is 2.50. The van der Waals surface area contributed by atoms with Gasteiger partial charge in [0.25, 0.3) is 0 Å². The Labute approximate surface area is 139 Å². The van der Waals surface area contributed by atoms with Crippen molar-refractivity contribution in [2.24, 2.45) is 5.73 Å². The minimum atomic E-state index is 0.168. The smallest absolute Gasteiger partial charge is 0.146 e. The Balaban J connectivity index is 2.15. The highest BCUT2D eigenvalue weighted by Gasteiger charge is 2.08. The molecular weight excluding hydrogens is 350 g/mol. The van der Waals surface area contributed by atoms with E-state index in [4.69, 9.17) is 22.1 Å². The molecule has 2 nitrogen and oxygen atoms in total. The van der Waals surface area contributed by atoms with Gasteiger partial charge in [0.1, 0.15) is 11.5 Å². The van der Waals surface area contributed by atoms with Crippen LogP contribution in [0.1, 0.15) is 24.5 Å². The summed E-state index contributed by atoms with van der Waals surface area (Å²) in [6.07, 6.45) is 1.78. The predicted octanol–water partition coefficient (Wildman–Crippen LogP) is 5.48. The van der Waals surface area contributed by atoms with Gasteiger partial charge in [0, 0.05) is 10.5 Å². The van der Waals surface area contributed by atoms with E-state index in [0.717, 1.165) is 34.2 Å². The van der Waals surface area contributed by atoms with Gasteiger partial charge in [-0.15, -0.1) is 0 Å². The highest BCUT2D eigenvalue weighted by atomic mass is 79.9. The Morgan fingerprint density at radius 2 is 2.00 bits per heavy atom. The van der Waals surface area contributed by atoms with Crippen LogP contribution in [0.15, 0.2) is 40.9 Å². The lowest BCUT2D eigenvalue weighted by molar-refractivity contribution is 0.482. The van der Waals surface area contributed by atoms with Gasteiger partial charge in [0.2, 0.25) is 0 Å². The second-order valence-electron chi connectivity index (χ2n) is 5.15. The van der Waals surface area contributed by atoms with Crippen LogP contribution in [-0.2, 0) is 6.42 Å². The van der Waals surface area contributed by atoms with Gasteiger partial charge in [0.05, 0.1) is 5.02 Å². The summed E-state index contributed by atoms with van der Waals surface area (Å²) in [7, 11) is 0. The molecule has 1 atom stereocenters. The molecule has 2 aromatic carbocycles. The molecule has 21 heavy (non-hydrogen) atoms. The number of hydrogen-bond donors (Lipinski definition) is 1. The lowest BCUT2D eigenvalue weighted by Crippen LogP contribution is -2.21. The molecule has 0 aliphatic rings. The summed E-state index contributed by atoms with van der Waals surface area (Å²) in [6.45, 7) is 4.10. The Kier molecular flexibility index (Phi) is 5.68. The van der Waals surface area contributed by atoms with Crippen LogP contribution in [0.3, 0.4) is 0 Å². The number of nitrogens with two attached hydrogens (primary N) is 1. The van der Waals surface area contributed by atoms with E-state index in [2.05, 4.69) is 22.9 Å². The zero-order valence-electron chi connectivity index (χ0n) is 12.2. The van der Waals surface area contributed by atoms with Crippen LogP contribution in [0.4, 0.5) is 0 Å². The van der Waals surface area contributed by atoms with Crippen LogP contribution in [0.25, 0.3) is 0 Å². The molecule has 2 rings (SSSR count). The zero-order valence-corrected chi connectivity index (χ0v) is 14.5. The summed E-state index contributed by atoms with van der Waals surface area (Å²) >= 11 is 9.78. The minimum absolute atomic E-state index is 0.168. The lowest BCUT2D eigenvalue weighted by atomic mass is 10.0. The Morgan fingerprint density at radius 1 is 1.24 bits per heavy atom. The van der Waals surface area contributed by atoms with Crippen molar-refractivity contribution in [2.75, 3.05) is 0 Å². The van der Waals surface area contributed by atoms with Gasteiger partial charge < -0.3 is 10.5 Å². The summed E-state index contributed by atoms with van der Waals surface area (Å²) in [5.74, 6) is 1.43. The van der Waals surface area contributed by atoms with Crippen LogP contribution >= 0.6 is 27.5 Å². The molecule has 0 bridgehead atoms. The molecule has 0 saturated heterocycles. The fraction of sp³-hybridized carbons (Fsp3) is 0.294. The fourth-order valence-electron chi connectivity index (χ4n) is 2.01. The number of rotatable bonds is 5. The Bertz CT molecular complexity index is 630. The van der Waals surface area contributed by atoms with E-state index in [1.165, 1.54) is 0 Å². The quantitative estimate of drug-likeness (QED) is 0.758. The number of benzene rings is 2. The topological polar surface area (TPSA) is 35.2 Å². The molecule has 0 aliphatic carbocycles. The highest BCUT2D eigenvalue weighted by Crippen LogP contribution is 2.32. The maximum absolute atomic E-state index is 6.30. The summed E-state index contributed by atoms with van der Waals surface area (Å²) in [5.41, 5.74) is 8.22. The van der Waals surface area contributed by atoms with Gasteiger partial charge in [-0.2, -0.15) is 0 Å². The van der Waals surface area contributed by atoms with Crippen LogP contribution in [0.2, 0.25) is 5.02 Å². The molecule has 0 radical (unpaired) electrons. The zero-order chi connectivity index (χ0) is 15.4. The van der Waals surface area contributed by atoms with Gasteiger partial charge >= 0.3 is 0 Å².